The van der Waals surface area contributed by atoms with E-state index in [1.165, 1.54) is 11.1 Å². The summed E-state index contributed by atoms with van der Waals surface area (Å²) in [7, 11) is 1.67. The number of nitrogens with zero attached hydrogens (tertiary/aromatic N) is 4. The van der Waals surface area contributed by atoms with E-state index in [1.807, 2.05) is 13.8 Å². The van der Waals surface area contributed by atoms with Crippen LogP contribution in [0.4, 0.5) is 15.4 Å². The molecule has 3 rings (SSSR count). The van der Waals surface area contributed by atoms with E-state index in [0.717, 1.165) is 9.95 Å². The Balaban J connectivity index is 1.82. The number of benzene rings is 1. The van der Waals surface area contributed by atoms with Gasteiger partial charge in [0.2, 0.25) is 0 Å². The smallest absolute Gasteiger partial charge is 0.415 e. The molecule has 0 aliphatic heterocycles. The van der Waals surface area contributed by atoms with Crippen molar-refractivity contribution in [3.8, 4) is 11.5 Å². The van der Waals surface area contributed by atoms with E-state index >= 15 is 0 Å². The van der Waals surface area contributed by atoms with Gasteiger partial charge in [-0.25, -0.2) is 14.6 Å². The van der Waals surface area contributed by atoms with Crippen LogP contribution in [0.2, 0.25) is 0 Å². The molecular weight excluding hydrogens is 360 g/mol. The number of amides is 2. The second-order valence-corrected chi connectivity index (χ2v) is 6.15. The van der Waals surface area contributed by atoms with Gasteiger partial charge in [-0.1, -0.05) is 0 Å². The molecule has 0 fully saturated rings. The molecule has 0 saturated carbocycles. The molecule has 0 spiro atoms. The highest BCUT2D eigenvalue weighted by atomic mass is 16.5. The fraction of sp³-hybridized carbons (Fsp3) is 0.250. The molecule has 3 aromatic rings. The largest absolute Gasteiger partial charge is 0.464 e. The molecule has 2 heterocycles. The number of hydrogen-bond acceptors (Lipinski definition) is 4. The number of fused-ring (bicyclic) bond motifs is 1. The van der Waals surface area contributed by atoms with Crippen LogP contribution in [0.15, 0.2) is 48.8 Å². The number of carbonyl (C=O) groups is 2. The summed E-state index contributed by atoms with van der Waals surface area (Å²) in [6, 6.07) is 10.1. The average Bonchev–Trinajstić information content (AvgIpc) is 3.12. The number of urea groups is 1. The van der Waals surface area contributed by atoms with Gasteiger partial charge in [0.15, 0.2) is 0 Å². The monoisotopic (exact) mass is 382 g/mol. The van der Waals surface area contributed by atoms with E-state index in [4.69, 9.17) is 9.84 Å². The third-order valence-electron chi connectivity index (χ3n) is 4.48. The lowest BCUT2D eigenvalue weighted by molar-refractivity contribution is 0.197. The molecule has 0 unspecified atom stereocenters. The van der Waals surface area contributed by atoms with Gasteiger partial charge in [-0.05, 0) is 44.2 Å². The van der Waals surface area contributed by atoms with E-state index in [9.17, 15) is 9.59 Å². The fourth-order valence-electron chi connectivity index (χ4n) is 2.94. The van der Waals surface area contributed by atoms with Crippen molar-refractivity contribution < 1.29 is 19.4 Å². The number of ether oxygens (including phenoxy) is 1. The number of rotatable bonds is 5. The standard InChI is InChI=1S/C20H22N4O4/c1-4-23(5-2)19(25)22(3)18-13-16(8-10-21-18)28-15-6-7-17-14(12-15)9-11-24(17)20(26)27/h6-13H,4-5H2,1-3H3,(H,26,27). The van der Waals surface area contributed by atoms with Crippen molar-refractivity contribution in [2.75, 3.05) is 25.0 Å². The van der Waals surface area contributed by atoms with Crippen LogP contribution >= 0.6 is 0 Å². The molecule has 8 nitrogen and oxygen atoms in total. The Morgan fingerprint density at radius 2 is 1.82 bits per heavy atom. The Morgan fingerprint density at radius 1 is 1.11 bits per heavy atom. The molecule has 1 aromatic carbocycles. The minimum absolute atomic E-state index is 0.133. The van der Waals surface area contributed by atoms with E-state index < -0.39 is 6.09 Å². The summed E-state index contributed by atoms with van der Waals surface area (Å²) in [5, 5.41) is 9.92. The van der Waals surface area contributed by atoms with Gasteiger partial charge in [-0.3, -0.25) is 9.47 Å². The summed E-state index contributed by atoms with van der Waals surface area (Å²) in [6.45, 7) is 5.09. The number of carbonyl (C=O) groups excluding carboxylic acids is 1. The van der Waals surface area contributed by atoms with Crippen molar-refractivity contribution in [1.82, 2.24) is 14.5 Å². The molecule has 0 radical (unpaired) electrons. The zero-order valence-electron chi connectivity index (χ0n) is 16.0. The highest BCUT2D eigenvalue weighted by Crippen LogP contribution is 2.28. The van der Waals surface area contributed by atoms with Crippen molar-refractivity contribution in [1.29, 1.82) is 0 Å². The van der Waals surface area contributed by atoms with Crippen molar-refractivity contribution >= 4 is 28.8 Å². The normalized spacial score (nSPS) is 10.7. The first-order valence-corrected chi connectivity index (χ1v) is 8.95. The van der Waals surface area contributed by atoms with Crippen molar-refractivity contribution in [2.24, 2.45) is 0 Å². The molecule has 8 heteroatoms. The van der Waals surface area contributed by atoms with E-state index in [0.29, 0.717) is 35.9 Å². The summed E-state index contributed by atoms with van der Waals surface area (Å²) in [5.74, 6) is 1.57. The minimum atomic E-state index is -1.04. The quantitative estimate of drug-likeness (QED) is 0.713. The van der Waals surface area contributed by atoms with Crippen LogP contribution in [0.25, 0.3) is 10.9 Å². The molecule has 0 saturated heterocycles. The van der Waals surface area contributed by atoms with Gasteiger partial charge in [0.25, 0.3) is 0 Å². The van der Waals surface area contributed by atoms with Gasteiger partial charge in [0, 0.05) is 44.0 Å². The van der Waals surface area contributed by atoms with Crippen LogP contribution in [0.5, 0.6) is 11.5 Å². The molecule has 146 valence electrons. The van der Waals surface area contributed by atoms with E-state index in [-0.39, 0.29) is 6.03 Å². The van der Waals surface area contributed by atoms with Crippen LogP contribution in [0.3, 0.4) is 0 Å². The zero-order valence-corrected chi connectivity index (χ0v) is 16.0. The average molecular weight is 382 g/mol. The predicted molar refractivity (Wildman–Crippen MR) is 106 cm³/mol. The lowest BCUT2D eigenvalue weighted by atomic mass is 10.2. The number of aromatic nitrogens is 2. The third kappa shape index (κ3) is 3.75. The van der Waals surface area contributed by atoms with Gasteiger partial charge >= 0.3 is 12.1 Å². The van der Waals surface area contributed by atoms with Gasteiger partial charge in [0.1, 0.15) is 17.3 Å². The Bertz CT molecular complexity index is 1010. The lowest BCUT2D eigenvalue weighted by Gasteiger charge is -2.25. The predicted octanol–water partition coefficient (Wildman–Crippen LogP) is 4.25. The maximum atomic E-state index is 12.5. The SMILES string of the molecule is CCN(CC)C(=O)N(C)c1cc(Oc2ccc3c(ccn3C(=O)O)c2)ccn1. The lowest BCUT2D eigenvalue weighted by Crippen LogP contribution is -2.41. The number of pyridine rings is 1. The first kappa shape index (κ1) is 19.2. The molecule has 0 atom stereocenters. The van der Waals surface area contributed by atoms with Gasteiger partial charge in [-0.2, -0.15) is 0 Å². The van der Waals surface area contributed by atoms with Crippen molar-refractivity contribution in [2.45, 2.75) is 13.8 Å². The Kier molecular flexibility index (Phi) is 5.49. The fourth-order valence-corrected chi connectivity index (χ4v) is 2.94. The molecule has 28 heavy (non-hydrogen) atoms. The zero-order chi connectivity index (χ0) is 20.3. The Labute approximate surface area is 162 Å². The summed E-state index contributed by atoms with van der Waals surface area (Å²) in [4.78, 5) is 31.1. The van der Waals surface area contributed by atoms with E-state index in [1.54, 1.807) is 54.5 Å². The van der Waals surface area contributed by atoms with Gasteiger partial charge < -0.3 is 14.7 Å². The summed E-state index contributed by atoms with van der Waals surface area (Å²) in [5.41, 5.74) is 0.583. The van der Waals surface area contributed by atoms with E-state index in [2.05, 4.69) is 4.98 Å². The summed E-state index contributed by atoms with van der Waals surface area (Å²) < 4.78 is 7.04. The Morgan fingerprint density at radius 3 is 2.50 bits per heavy atom. The molecule has 0 bridgehead atoms. The number of hydrogen-bond donors (Lipinski definition) is 1. The first-order valence-electron chi connectivity index (χ1n) is 8.95. The maximum Gasteiger partial charge on any atom is 0.415 e. The van der Waals surface area contributed by atoms with Crippen LogP contribution in [-0.4, -0.2) is 51.8 Å². The number of carboxylic acid groups (broad SMARTS) is 1. The third-order valence-corrected chi connectivity index (χ3v) is 4.48. The summed E-state index contributed by atoms with van der Waals surface area (Å²) >= 11 is 0. The highest BCUT2D eigenvalue weighted by Gasteiger charge is 2.18. The van der Waals surface area contributed by atoms with Crippen molar-refractivity contribution in [3.63, 3.8) is 0 Å². The van der Waals surface area contributed by atoms with Crippen LogP contribution < -0.4 is 9.64 Å². The molecule has 2 amide bonds. The highest BCUT2D eigenvalue weighted by molar-refractivity contribution is 5.91. The van der Waals surface area contributed by atoms with Crippen molar-refractivity contribution in [3.05, 3.63) is 48.8 Å². The molecule has 0 aliphatic rings. The molecule has 1 N–H and O–H groups in total. The first-order chi connectivity index (χ1) is 13.4. The molecule has 2 aromatic heterocycles. The maximum absolute atomic E-state index is 12.5. The number of anilines is 1. The molecule has 0 aliphatic carbocycles. The van der Waals surface area contributed by atoms with Gasteiger partial charge in [0.05, 0.1) is 5.52 Å². The minimum Gasteiger partial charge on any atom is -0.464 e. The van der Waals surface area contributed by atoms with Crippen LogP contribution in [-0.2, 0) is 0 Å². The van der Waals surface area contributed by atoms with Gasteiger partial charge in [-0.15, -0.1) is 0 Å². The van der Waals surface area contributed by atoms with Crippen LogP contribution in [0.1, 0.15) is 13.8 Å². The topological polar surface area (TPSA) is 87.9 Å². The second-order valence-electron chi connectivity index (χ2n) is 6.15. The van der Waals surface area contributed by atoms with Crippen LogP contribution in [0, 0.1) is 0 Å². The molecular formula is C20H22N4O4. The second kappa shape index (κ2) is 7.99. The Hall–Kier alpha value is -3.55. The summed E-state index contributed by atoms with van der Waals surface area (Å²) in [6.07, 6.45) is 2.04.